The molecule has 0 heterocycles. The van der Waals surface area contributed by atoms with Gasteiger partial charge in [0.05, 0.1) is 26.4 Å². The van der Waals surface area contributed by atoms with E-state index in [1.54, 1.807) is 0 Å². The molecule has 0 aliphatic carbocycles. The van der Waals surface area contributed by atoms with Crippen molar-refractivity contribution in [3.05, 3.63) is 146 Å². The van der Waals surface area contributed by atoms with Gasteiger partial charge in [-0.2, -0.15) is 0 Å². The van der Waals surface area contributed by atoms with Gasteiger partial charge in [-0.3, -0.25) is 32.5 Å². The number of hydrogen-bond donors (Lipinski definition) is 4. The molecule has 0 aromatic carbocycles. The Kier molecular flexibility index (Phi) is 79.4. The van der Waals surface area contributed by atoms with Crippen LogP contribution in [0, 0.1) is 0 Å². The van der Waals surface area contributed by atoms with Gasteiger partial charge in [0.25, 0.3) is 0 Å². The van der Waals surface area contributed by atoms with Crippen molar-refractivity contribution in [2.45, 2.75) is 373 Å². The van der Waals surface area contributed by atoms with E-state index >= 15 is 0 Å². The lowest BCUT2D eigenvalue weighted by Gasteiger charge is -2.21. The van der Waals surface area contributed by atoms with Gasteiger partial charge < -0.3 is 34.2 Å². The second kappa shape index (κ2) is 82.9. The minimum atomic E-state index is -4.94. The molecule has 0 amide bonds. The maximum absolute atomic E-state index is 13.0. The number of carbonyl (C=O) groups is 3. The molecule has 0 bridgehead atoms. The van der Waals surface area contributed by atoms with Crippen LogP contribution in [-0.4, -0.2) is 95.9 Å². The number of aliphatic hydroxyl groups excluding tert-OH is 2. The van der Waals surface area contributed by atoms with E-state index in [1.165, 1.54) is 128 Å². The second-order valence-corrected chi connectivity index (χ2v) is 31.5. The lowest BCUT2D eigenvalue weighted by atomic mass is 10.0. The van der Waals surface area contributed by atoms with Gasteiger partial charge in [-0.05, 0) is 141 Å². The van der Waals surface area contributed by atoms with E-state index in [9.17, 15) is 43.5 Å². The zero-order chi connectivity index (χ0) is 79.4. The number of esters is 3. The Morgan fingerprint density at radius 2 is 0.486 bits per heavy atom. The average molecular weight is 1570 g/mol. The molecule has 0 radical (unpaired) electrons. The number of allylic oxidation sites excluding steroid dienone is 24. The average Bonchev–Trinajstić information content (AvgIpc) is 0.904. The number of carbonyl (C=O) groups excluding carboxylic acids is 3. The molecule has 626 valence electrons. The Balaban J connectivity index is 4.51. The SMILES string of the molecule is CC/C=C\C/C=C\C/C=C\C/C=C\C/C=C\C/C=C\CCCCCCCCCCC(=O)OCC(COP(=O)(O)OCC(O)COP(=O)(O)OCC(O)COC(=O)CCCCCCCCCCCCCCCCC/C=C\C/C=C\C/C=C\C/C=C\C/C=C\CC)OC(=O)CCCCCCC/C=C\CCCCCCCC. The molecule has 0 fully saturated rings. The molecule has 0 saturated heterocycles. The summed E-state index contributed by atoms with van der Waals surface area (Å²) in [4.78, 5) is 58.8. The molecule has 5 atom stereocenters. The van der Waals surface area contributed by atoms with Crippen LogP contribution in [0.4, 0.5) is 0 Å². The van der Waals surface area contributed by atoms with Crippen LogP contribution in [0.5, 0.6) is 0 Å². The summed E-state index contributed by atoms with van der Waals surface area (Å²) in [6, 6.07) is 0. The normalized spacial score (nSPS) is 14.6. The molecule has 0 aliphatic rings. The van der Waals surface area contributed by atoms with Gasteiger partial charge in [0.2, 0.25) is 0 Å². The van der Waals surface area contributed by atoms with E-state index in [0.29, 0.717) is 19.3 Å². The van der Waals surface area contributed by atoms with E-state index in [2.05, 4.69) is 167 Å². The van der Waals surface area contributed by atoms with Crippen molar-refractivity contribution in [1.82, 2.24) is 0 Å². The summed E-state index contributed by atoms with van der Waals surface area (Å²) in [5, 5.41) is 20.7. The van der Waals surface area contributed by atoms with Crippen LogP contribution < -0.4 is 0 Å². The topological polar surface area (TPSA) is 231 Å². The van der Waals surface area contributed by atoms with E-state index in [4.69, 9.17) is 32.3 Å². The molecule has 0 rings (SSSR count). The Morgan fingerprint density at radius 1 is 0.266 bits per heavy atom. The van der Waals surface area contributed by atoms with Crippen LogP contribution in [0.25, 0.3) is 0 Å². The predicted molar refractivity (Wildman–Crippen MR) is 454 cm³/mol. The molecule has 109 heavy (non-hydrogen) atoms. The van der Waals surface area contributed by atoms with Crippen molar-refractivity contribution in [3.63, 3.8) is 0 Å². The lowest BCUT2D eigenvalue weighted by Crippen LogP contribution is -2.30. The molecule has 18 heteroatoms. The molecule has 16 nitrogen and oxygen atoms in total. The van der Waals surface area contributed by atoms with Crippen molar-refractivity contribution in [3.8, 4) is 0 Å². The van der Waals surface area contributed by atoms with E-state index in [1.807, 2.05) is 0 Å². The molecular weight excluding hydrogens is 1410 g/mol. The molecule has 4 N–H and O–H groups in total. The minimum Gasteiger partial charge on any atom is -0.463 e. The van der Waals surface area contributed by atoms with Gasteiger partial charge in [-0.1, -0.05) is 340 Å². The van der Waals surface area contributed by atoms with Crippen LogP contribution in [0.15, 0.2) is 146 Å². The maximum Gasteiger partial charge on any atom is 0.472 e. The first-order chi connectivity index (χ1) is 53.2. The molecule has 0 aliphatic heterocycles. The van der Waals surface area contributed by atoms with Crippen molar-refractivity contribution < 1.29 is 75.8 Å². The monoisotopic (exact) mass is 1570 g/mol. The van der Waals surface area contributed by atoms with Gasteiger partial charge in [-0.15, -0.1) is 0 Å². The van der Waals surface area contributed by atoms with Crippen LogP contribution in [0.3, 0.4) is 0 Å². The third-order valence-electron chi connectivity index (χ3n) is 18.0. The highest BCUT2D eigenvalue weighted by molar-refractivity contribution is 7.47. The predicted octanol–water partition coefficient (Wildman–Crippen LogP) is 26.0. The number of hydrogen-bond acceptors (Lipinski definition) is 14. The summed E-state index contributed by atoms with van der Waals surface area (Å²) in [7, 11) is -9.80. The fourth-order valence-electron chi connectivity index (χ4n) is 11.5. The molecule has 0 aromatic rings. The van der Waals surface area contributed by atoms with Gasteiger partial charge in [0.1, 0.15) is 25.4 Å². The second-order valence-electron chi connectivity index (χ2n) is 28.6. The molecule has 0 aromatic heterocycles. The summed E-state index contributed by atoms with van der Waals surface area (Å²) in [5.74, 6) is -1.59. The van der Waals surface area contributed by atoms with Crippen LogP contribution >= 0.6 is 15.6 Å². The van der Waals surface area contributed by atoms with Crippen molar-refractivity contribution in [1.29, 1.82) is 0 Å². The summed E-state index contributed by atoms with van der Waals surface area (Å²) >= 11 is 0. The number of ether oxygens (including phenoxy) is 3. The first-order valence-electron chi connectivity index (χ1n) is 43.1. The number of phosphoric acid groups is 2. The third-order valence-corrected chi connectivity index (χ3v) is 19.9. The highest BCUT2D eigenvalue weighted by atomic mass is 31.2. The Morgan fingerprint density at radius 3 is 0.780 bits per heavy atom. The number of phosphoric ester groups is 2. The van der Waals surface area contributed by atoms with Crippen molar-refractivity contribution in [2.75, 3.05) is 39.6 Å². The molecule has 0 spiro atoms. The van der Waals surface area contributed by atoms with Gasteiger partial charge in [-0.25, -0.2) is 9.13 Å². The van der Waals surface area contributed by atoms with Crippen LogP contribution in [-0.2, 0) is 55.8 Å². The standard InChI is InChI=1S/C91H156O16P2/c1-4-7-10-13-16-19-22-25-28-30-32-34-36-38-40-41-42-43-45-47-48-50-52-54-57-59-62-65-68-71-74-77-89(94)101-80-86(92)81-103-108(97,98)104-82-87(93)83-105-109(99,100)106-85-88(107-91(96)79-76-73-70-67-64-61-56-27-24-21-18-15-12-9-6-3)84-102-90(95)78-75-72-69-66-63-60-58-55-53-51-49-46-44-39-37-35-33-31-29-26-23-20-17-14-11-8-5-2/h7-8,10-11,16-17,19-20,25-29,32-35,38-40,44,49,51,56,86-88,92-93H,4-6,9,12-15,18,21-24,30-31,36-37,41-43,45-48,50,52-55,57-85H2,1-3H3,(H,97,98)(H,99,100)/b10-7-,11-8-,19-16-,20-17-,28-25-,29-26-,34-32-,35-33-,40-38-,44-39-,51-49-,56-27-. The summed E-state index contributed by atoms with van der Waals surface area (Å²) in [6.07, 6.45) is 103. The van der Waals surface area contributed by atoms with Gasteiger partial charge in [0, 0.05) is 19.3 Å². The molecular formula is C91H156O16P2. The fraction of sp³-hybridized carbons (Fsp3) is 0.703. The zero-order valence-corrected chi connectivity index (χ0v) is 70.5. The Labute approximate surface area is 664 Å². The van der Waals surface area contributed by atoms with Crippen molar-refractivity contribution in [2.24, 2.45) is 0 Å². The Hall–Kier alpha value is -4.57. The van der Waals surface area contributed by atoms with Crippen molar-refractivity contribution >= 4 is 33.6 Å². The van der Waals surface area contributed by atoms with Crippen LogP contribution in [0.2, 0.25) is 0 Å². The Bertz CT molecular complexity index is 2560. The third kappa shape index (κ3) is 84.2. The smallest absolute Gasteiger partial charge is 0.463 e. The van der Waals surface area contributed by atoms with E-state index < -0.39 is 91.5 Å². The summed E-state index contributed by atoms with van der Waals surface area (Å²) < 4.78 is 61.3. The highest BCUT2D eigenvalue weighted by Crippen LogP contribution is 2.45. The highest BCUT2D eigenvalue weighted by Gasteiger charge is 2.29. The zero-order valence-electron chi connectivity index (χ0n) is 68.7. The van der Waals surface area contributed by atoms with Crippen LogP contribution in [0.1, 0.15) is 355 Å². The first kappa shape index (κ1) is 104. The fourth-order valence-corrected chi connectivity index (χ4v) is 13.1. The minimum absolute atomic E-state index is 0.0907. The van der Waals surface area contributed by atoms with Gasteiger partial charge >= 0.3 is 33.6 Å². The summed E-state index contributed by atoms with van der Waals surface area (Å²) in [6.45, 7) is 2.46. The quantitative estimate of drug-likeness (QED) is 0.0146. The maximum atomic E-state index is 13.0. The summed E-state index contributed by atoms with van der Waals surface area (Å²) in [5.41, 5.74) is 0. The van der Waals surface area contributed by atoms with Gasteiger partial charge in [0.15, 0.2) is 6.10 Å². The number of aliphatic hydroxyl groups is 2. The molecule has 0 saturated carbocycles. The number of unbranched alkanes of at least 4 members (excludes halogenated alkanes) is 34. The lowest BCUT2D eigenvalue weighted by molar-refractivity contribution is -0.161. The van der Waals surface area contributed by atoms with E-state index in [-0.39, 0.29) is 19.3 Å². The van der Waals surface area contributed by atoms with E-state index in [0.717, 1.165) is 167 Å². The number of rotatable bonds is 81. The first-order valence-corrected chi connectivity index (χ1v) is 46.1. The molecule has 5 unspecified atom stereocenters. The largest absolute Gasteiger partial charge is 0.472 e.